The largest absolute Gasteiger partial charge is 0.455 e. The molecule has 1 amide bonds. The maximum Gasteiger partial charge on any atom is 0.314 e. The van der Waals surface area contributed by atoms with Crippen molar-refractivity contribution in [2.45, 2.75) is 19.8 Å². The van der Waals surface area contributed by atoms with Gasteiger partial charge in [-0.25, -0.2) is 0 Å². The summed E-state index contributed by atoms with van der Waals surface area (Å²) in [5.74, 6) is -1.50. The first-order valence-corrected chi connectivity index (χ1v) is 8.99. The first kappa shape index (κ1) is 20.8. The number of hydrogen-bond acceptors (Lipinski definition) is 4. The van der Waals surface area contributed by atoms with Crippen molar-refractivity contribution < 1.29 is 14.3 Å². The molecule has 0 aliphatic carbocycles. The fourth-order valence-electron chi connectivity index (χ4n) is 2.57. The molecule has 2 rings (SSSR count). The molecule has 7 heteroatoms. The fraction of sp³-hybridized carbons (Fsp3) is 0.250. The molecule has 140 valence electrons. The van der Waals surface area contributed by atoms with Gasteiger partial charge in [0.15, 0.2) is 6.61 Å². The summed E-state index contributed by atoms with van der Waals surface area (Å²) in [6.07, 6.45) is 0. The van der Waals surface area contributed by atoms with E-state index >= 15 is 0 Å². The van der Waals surface area contributed by atoms with Crippen LogP contribution in [0.3, 0.4) is 0 Å². The number of rotatable bonds is 6. The Balaban J connectivity index is 1.98. The van der Waals surface area contributed by atoms with Gasteiger partial charge in [0.25, 0.3) is 5.91 Å². The topological polar surface area (TPSA) is 79.2 Å². The van der Waals surface area contributed by atoms with Crippen LogP contribution >= 0.6 is 23.2 Å². The van der Waals surface area contributed by atoms with Crippen molar-refractivity contribution >= 4 is 40.8 Å². The van der Waals surface area contributed by atoms with Gasteiger partial charge in [-0.15, -0.1) is 0 Å². The van der Waals surface area contributed by atoms with E-state index in [1.807, 2.05) is 19.9 Å². The molecule has 2 aromatic carbocycles. The van der Waals surface area contributed by atoms with Crippen LogP contribution < -0.4 is 5.32 Å². The molecular weight excluding hydrogens is 387 g/mol. The number of nitriles is 1. The van der Waals surface area contributed by atoms with E-state index in [9.17, 15) is 9.59 Å². The summed E-state index contributed by atoms with van der Waals surface area (Å²) in [6.45, 7) is 3.38. The summed E-state index contributed by atoms with van der Waals surface area (Å²) in [4.78, 5) is 24.5. The standard InChI is InChI=1S/C20H18Cl2N2O3/c1-12(2)19(13-3-6-15(21)7-4-13)20(26)27-11-18(25)24-16-8-5-14(10-23)17(22)9-16/h3-9,12,19H,11H2,1-2H3,(H,24,25)/t19-/m1/s1. The van der Waals surface area contributed by atoms with Gasteiger partial charge in [-0.05, 0) is 41.8 Å². The van der Waals surface area contributed by atoms with E-state index in [0.717, 1.165) is 5.56 Å². The van der Waals surface area contributed by atoms with E-state index in [4.69, 9.17) is 33.2 Å². The van der Waals surface area contributed by atoms with Gasteiger partial charge in [-0.3, -0.25) is 9.59 Å². The van der Waals surface area contributed by atoms with Gasteiger partial charge in [0.1, 0.15) is 6.07 Å². The molecule has 2 aromatic rings. The average Bonchev–Trinajstić information content (AvgIpc) is 2.62. The number of carbonyl (C=O) groups is 2. The highest BCUT2D eigenvalue weighted by Gasteiger charge is 2.26. The zero-order valence-corrected chi connectivity index (χ0v) is 16.3. The Kier molecular flexibility index (Phi) is 7.23. The molecule has 0 aliphatic rings. The van der Waals surface area contributed by atoms with Crippen molar-refractivity contribution in [1.29, 1.82) is 5.26 Å². The number of amides is 1. The van der Waals surface area contributed by atoms with Gasteiger partial charge in [-0.2, -0.15) is 5.26 Å². The molecule has 0 radical (unpaired) electrons. The van der Waals surface area contributed by atoms with Gasteiger partial charge in [0.05, 0.1) is 16.5 Å². The minimum absolute atomic E-state index is 0.0148. The molecule has 1 atom stereocenters. The summed E-state index contributed by atoms with van der Waals surface area (Å²) < 4.78 is 5.19. The van der Waals surface area contributed by atoms with Crippen LogP contribution in [-0.2, 0) is 14.3 Å². The Morgan fingerprint density at radius 2 is 1.81 bits per heavy atom. The van der Waals surface area contributed by atoms with Crippen LogP contribution in [0.5, 0.6) is 0 Å². The molecule has 5 nitrogen and oxygen atoms in total. The summed E-state index contributed by atoms with van der Waals surface area (Å²) in [6, 6.07) is 13.4. The molecule has 0 saturated carbocycles. The number of nitrogens with one attached hydrogen (secondary N) is 1. The van der Waals surface area contributed by atoms with Crippen LogP contribution in [0, 0.1) is 17.2 Å². The minimum atomic E-state index is -0.501. The Morgan fingerprint density at radius 1 is 1.15 bits per heavy atom. The smallest absolute Gasteiger partial charge is 0.314 e. The normalized spacial score (nSPS) is 11.6. The average molecular weight is 405 g/mol. The SMILES string of the molecule is CC(C)[C@@H](C(=O)OCC(=O)Nc1ccc(C#N)c(Cl)c1)c1ccc(Cl)cc1. The highest BCUT2D eigenvalue weighted by molar-refractivity contribution is 6.32. The lowest BCUT2D eigenvalue weighted by Crippen LogP contribution is -2.26. The Labute approximate surface area is 167 Å². The van der Waals surface area contributed by atoms with Crippen molar-refractivity contribution in [3.05, 3.63) is 63.6 Å². The lowest BCUT2D eigenvalue weighted by atomic mass is 9.88. The number of benzene rings is 2. The van der Waals surface area contributed by atoms with Crippen LogP contribution in [0.4, 0.5) is 5.69 Å². The molecule has 0 aliphatic heterocycles. The highest BCUT2D eigenvalue weighted by atomic mass is 35.5. The third kappa shape index (κ3) is 5.72. The van der Waals surface area contributed by atoms with Gasteiger partial charge < -0.3 is 10.1 Å². The summed E-state index contributed by atoms with van der Waals surface area (Å²) in [5, 5.41) is 12.2. The molecular formula is C20H18Cl2N2O3. The first-order chi connectivity index (χ1) is 12.8. The Hall–Kier alpha value is -2.55. The lowest BCUT2D eigenvalue weighted by Gasteiger charge is -2.20. The third-order valence-corrected chi connectivity index (χ3v) is 4.43. The Morgan fingerprint density at radius 3 is 2.37 bits per heavy atom. The summed E-state index contributed by atoms with van der Waals surface area (Å²) >= 11 is 11.8. The first-order valence-electron chi connectivity index (χ1n) is 8.23. The number of nitrogens with zero attached hydrogens (tertiary/aromatic N) is 1. The minimum Gasteiger partial charge on any atom is -0.455 e. The second-order valence-corrected chi connectivity index (χ2v) is 7.08. The van der Waals surface area contributed by atoms with Gasteiger partial charge in [0.2, 0.25) is 0 Å². The molecule has 0 bridgehead atoms. The van der Waals surface area contributed by atoms with Crippen molar-refractivity contribution in [1.82, 2.24) is 0 Å². The number of hydrogen-bond donors (Lipinski definition) is 1. The predicted octanol–water partition coefficient (Wildman–Crippen LogP) is 4.79. The van der Waals surface area contributed by atoms with E-state index in [1.54, 1.807) is 30.3 Å². The maximum absolute atomic E-state index is 12.5. The molecule has 0 saturated heterocycles. The number of esters is 1. The van der Waals surface area contributed by atoms with E-state index in [0.29, 0.717) is 16.3 Å². The van der Waals surface area contributed by atoms with E-state index in [1.165, 1.54) is 12.1 Å². The molecule has 0 spiro atoms. The molecule has 0 aromatic heterocycles. The van der Waals surface area contributed by atoms with Gasteiger partial charge in [0, 0.05) is 10.7 Å². The predicted molar refractivity (Wildman–Crippen MR) is 105 cm³/mol. The molecule has 0 heterocycles. The summed E-state index contributed by atoms with van der Waals surface area (Å²) in [5.41, 5.74) is 1.50. The van der Waals surface area contributed by atoms with Crippen LogP contribution in [-0.4, -0.2) is 18.5 Å². The fourth-order valence-corrected chi connectivity index (χ4v) is 2.92. The van der Waals surface area contributed by atoms with Crippen LogP contribution in [0.15, 0.2) is 42.5 Å². The van der Waals surface area contributed by atoms with E-state index in [-0.39, 0.29) is 10.9 Å². The third-order valence-electron chi connectivity index (χ3n) is 3.87. The zero-order valence-electron chi connectivity index (χ0n) is 14.8. The quantitative estimate of drug-likeness (QED) is 0.701. The molecule has 0 unspecified atom stereocenters. The van der Waals surface area contributed by atoms with Gasteiger partial charge in [-0.1, -0.05) is 49.2 Å². The number of carbonyl (C=O) groups excluding carboxylic acids is 2. The second kappa shape index (κ2) is 9.40. The second-order valence-electron chi connectivity index (χ2n) is 6.24. The van der Waals surface area contributed by atoms with E-state index < -0.39 is 24.4 Å². The van der Waals surface area contributed by atoms with Crippen LogP contribution in [0.2, 0.25) is 10.0 Å². The van der Waals surface area contributed by atoms with Crippen LogP contribution in [0.25, 0.3) is 0 Å². The van der Waals surface area contributed by atoms with Crippen molar-refractivity contribution in [2.75, 3.05) is 11.9 Å². The molecule has 1 N–H and O–H groups in total. The van der Waals surface area contributed by atoms with Crippen molar-refractivity contribution in [2.24, 2.45) is 5.92 Å². The van der Waals surface area contributed by atoms with E-state index in [2.05, 4.69) is 5.32 Å². The maximum atomic E-state index is 12.5. The zero-order chi connectivity index (χ0) is 20.0. The van der Waals surface area contributed by atoms with Crippen molar-refractivity contribution in [3.8, 4) is 6.07 Å². The molecule has 0 fully saturated rings. The number of ether oxygens (including phenoxy) is 1. The number of halogens is 2. The molecule has 27 heavy (non-hydrogen) atoms. The Bertz CT molecular complexity index is 874. The lowest BCUT2D eigenvalue weighted by molar-refractivity contribution is -0.149. The monoisotopic (exact) mass is 404 g/mol. The van der Waals surface area contributed by atoms with Crippen molar-refractivity contribution in [3.63, 3.8) is 0 Å². The highest BCUT2D eigenvalue weighted by Crippen LogP contribution is 2.27. The van der Waals surface area contributed by atoms with Gasteiger partial charge >= 0.3 is 5.97 Å². The summed E-state index contributed by atoms with van der Waals surface area (Å²) in [7, 11) is 0. The number of anilines is 1. The van der Waals surface area contributed by atoms with Crippen LogP contribution in [0.1, 0.15) is 30.9 Å².